The first-order chi connectivity index (χ1) is 7.15. The lowest BCUT2D eigenvalue weighted by Gasteiger charge is -2.32. The molecule has 1 aliphatic carbocycles. The highest BCUT2D eigenvalue weighted by Crippen LogP contribution is 2.31. The number of nitrogens with two attached hydrogens (primary N) is 1. The molecule has 0 aromatic heterocycles. The summed E-state index contributed by atoms with van der Waals surface area (Å²) < 4.78 is 0. The molecule has 2 heteroatoms. The largest absolute Gasteiger partial charge is 0.393 e. The molecule has 3 N–H and O–H groups in total. The van der Waals surface area contributed by atoms with Gasteiger partial charge in [0, 0.05) is 0 Å². The summed E-state index contributed by atoms with van der Waals surface area (Å²) in [6.07, 6.45) is 7.25. The molecule has 2 nitrogen and oxygen atoms in total. The maximum absolute atomic E-state index is 10.3. The summed E-state index contributed by atoms with van der Waals surface area (Å²) in [6, 6.07) is 0. The third kappa shape index (κ3) is 4.12. The topological polar surface area (TPSA) is 46.2 Å². The van der Waals surface area contributed by atoms with Crippen molar-refractivity contribution in [2.24, 2.45) is 23.5 Å². The van der Waals surface area contributed by atoms with E-state index in [9.17, 15) is 5.11 Å². The third-order valence-corrected chi connectivity index (χ3v) is 3.69. The molecular weight excluding hydrogens is 186 g/mol. The van der Waals surface area contributed by atoms with Gasteiger partial charge in [-0.1, -0.05) is 33.1 Å². The molecule has 1 saturated carbocycles. The first kappa shape index (κ1) is 13.0. The average Bonchev–Trinajstić information content (AvgIpc) is 2.26. The zero-order chi connectivity index (χ0) is 11.3. The maximum atomic E-state index is 10.3. The van der Waals surface area contributed by atoms with E-state index in [2.05, 4.69) is 13.8 Å². The van der Waals surface area contributed by atoms with Crippen LogP contribution in [0.2, 0.25) is 0 Å². The SMILES string of the molecule is CC(C)CC(CN)C(O)C1CCCCC1. The minimum Gasteiger partial charge on any atom is -0.393 e. The van der Waals surface area contributed by atoms with Crippen LogP contribution in [0.3, 0.4) is 0 Å². The van der Waals surface area contributed by atoms with Crippen molar-refractivity contribution < 1.29 is 5.11 Å². The average molecular weight is 213 g/mol. The summed E-state index contributed by atoms with van der Waals surface area (Å²) in [6.45, 7) is 5.04. The van der Waals surface area contributed by atoms with E-state index in [4.69, 9.17) is 5.73 Å². The van der Waals surface area contributed by atoms with Gasteiger partial charge < -0.3 is 10.8 Å². The molecule has 2 unspecified atom stereocenters. The van der Waals surface area contributed by atoms with Crippen LogP contribution in [-0.4, -0.2) is 17.8 Å². The molecule has 15 heavy (non-hydrogen) atoms. The first-order valence-electron chi connectivity index (χ1n) is 6.53. The van der Waals surface area contributed by atoms with E-state index in [0.29, 0.717) is 24.3 Å². The van der Waals surface area contributed by atoms with E-state index < -0.39 is 0 Å². The lowest BCUT2D eigenvalue weighted by atomic mass is 9.78. The van der Waals surface area contributed by atoms with Gasteiger partial charge >= 0.3 is 0 Å². The summed E-state index contributed by atoms with van der Waals surface area (Å²) >= 11 is 0. The van der Waals surface area contributed by atoms with Crippen molar-refractivity contribution in [2.75, 3.05) is 6.54 Å². The predicted molar refractivity (Wildman–Crippen MR) is 64.6 cm³/mol. The lowest BCUT2D eigenvalue weighted by Crippen LogP contribution is -2.35. The Bertz CT molecular complexity index is 164. The van der Waals surface area contributed by atoms with Crippen molar-refractivity contribution in [1.29, 1.82) is 0 Å². The molecule has 0 aromatic rings. The zero-order valence-corrected chi connectivity index (χ0v) is 10.3. The van der Waals surface area contributed by atoms with Gasteiger partial charge in [0.2, 0.25) is 0 Å². The Kier molecular flexibility index (Phi) is 5.62. The Labute approximate surface area is 94.2 Å². The Balaban J connectivity index is 2.43. The van der Waals surface area contributed by atoms with Gasteiger partial charge in [0.15, 0.2) is 0 Å². The van der Waals surface area contributed by atoms with Crippen LogP contribution in [0.5, 0.6) is 0 Å². The van der Waals surface area contributed by atoms with Crippen LogP contribution in [0.15, 0.2) is 0 Å². The van der Waals surface area contributed by atoms with Crippen molar-refractivity contribution in [2.45, 2.75) is 58.5 Å². The number of hydrogen-bond donors (Lipinski definition) is 2. The van der Waals surface area contributed by atoms with E-state index in [-0.39, 0.29) is 6.10 Å². The Morgan fingerprint density at radius 1 is 1.20 bits per heavy atom. The van der Waals surface area contributed by atoms with Crippen LogP contribution in [0.4, 0.5) is 0 Å². The Morgan fingerprint density at radius 2 is 1.80 bits per heavy atom. The second-order valence-corrected chi connectivity index (χ2v) is 5.51. The van der Waals surface area contributed by atoms with E-state index in [1.165, 1.54) is 32.1 Å². The molecular formula is C13H27NO. The fourth-order valence-corrected chi connectivity index (χ4v) is 2.84. The second kappa shape index (κ2) is 6.49. The van der Waals surface area contributed by atoms with Crippen molar-refractivity contribution >= 4 is 0 Å². The van der Waals surface area contributed by atoms with Crippen molar-refractivity contribution in [3.63, 3.8) is 0 Å². The molecule has 0 radical (unpaired) electrons. The molecule has 0 spiro atoms. The summed E-state index contributed by atoms with van der Waals surface area (Å²) in [5, 5.41) is 10.3. The molecule has 0 aliphatic heterocycles. The van der Waals surface area contributed by atoms with Crippen LogP contribution < -0.4 is 5.73 Å². The lowest BCUT2D eigenvalue weighted by molar-refractivity contribution is 0.0285. The number of hydrogen-bond acceptors (Lipinski definition) is 2. The normalized spacial score (nSPS) is 23.0. The highest BCUT2D eigenvalue weighted by molar-refractivity contribution is 4.80. The molecule has 90 valence electrons. The molecule has 1 rings (SSSR count). The minimum atomic E-state index is -0.155. The second-order valence-electron chi connectivity index (χ2n) is 5.51. The highest BCUT2D eigenvalue weighted by Gasteiger charge is 2.28. The molecule has 1 aliphatic rings. The summed E-state index contributed by atoms with van der Waals surface area (Å²) in [5.41, 5.74) is 5.77. The summed E-state index contributed by atoms with van der Waals surface area (Å²) in [7, 11) is 0. The van der Waals surface area contributed by atoms with Crippen molar-refractivity contribution in [3.8, 4) is 0 Å². The van der Waals surface area contributed by atoms with Crippen molar-refractivity contribution in [1.82, 2.24) is 0 Å². The smallest absolute Gasteiger partial charge is 0.0608 e. The predicted octanol–water partition coefficient (Wildman–Crippen LogP) is 2.55. The van der Waals surface area contributed by atoms with Gasteiger partial charge in [-0.25, -0.2) is 0 Å². The first-order valence-corrected chi connectivity index (χ1v) is 6.53. The highest BCUT2D eigenvalue weighted by atomic mass is 16.3. The fourth-order valence-electron chi connectivity index (χ4n) is 2.84. The zero-order valence-electron chi connectivity index (χ0n) is 10.3. The Hall–Kier alpha value is -0.0800. The van der Waals surface area contributed by atoms with E-state index in [1.54, 1.807) is 0 Å². The van der Waals surface area contributed by atoms with E-state index in [1.807, 2.05) is 0 Å². The quantitative estimate of drug-likeness (QED) is 0.737. The minimum absolute atomic E-state index is 0.155. The number of aliphatic hydroxyl groups is 1. The maximum Gasteiger partial charge on any atom is 0.0608 e. The monoisotopic (exact) mass is 213 g/mol. The van der Waals surface area contributed by atoms with Crippen LogP contribution in [0.1, 0.15) is 52.4 Å². The van der Waals surface area contributed by atoms with Crippen molar-refractivity contribution in [3.05, 3.63) is 0 Å². The molecule has 0 heterocycles. The van der Waals surface area contributed by atoms with E-state index >= 15 is 0 Å². The fraction of sp³-hybridized carbons (Fsp3) is 1.00. The van der Waals surface area contributed by atoms with Gasteiger partial charge in [-0.3, -0.25) is 0 Å². The van der Waals surface area contributed by atoms with Gasteiger partial charge in [-0.2, -0.15) is 0 Å². The number of aliphatic hydroxyl groups excluding tert-OH is 1. The van der Waals surface area contributed by atoms with Gasteiger partial charge in [0.25, 0.3) is 0 Å². The standard InChI is InChI=1S/C13H27NO/c1-10(2)8-12(9-14)13(15)11-6-4-3-5-7-11/h10-13,15H,3-9,14H2,1-2H3. The Morgan fingerprint density at radius 3 is 2.27 bits per heavy atom. The molecule has 0 aromatic carbocycles. The van der Waals surface area contributed by atoms with Gasteiger partial charge in [-0.15, -0.1) is 0 Å². The number of rotatable bonds is 5. The molecule has 0 saturated heterocycles. The van der Waals surface area contributed by atoms with Crippen LogP contribution >= 0.6 is 0 Å². The molecule has 0 bridgehead atoms. The van der Waals surface area contributed by atoms with Crippen LogP contribution in [0, 0.1) is 17.8 Å². The van der Waals surface area contributed by atoms with Crippen LogP contribution in [0.25, 0.3) is 0 Å². The van der Waals surface area contributed by atoms with Crippen LogP contribution in [-0.2, 0) is 0 Å². The summed E-state index contributed by atoms with van der Waals surface area (Å²) in [5.74, 6) is 1.47. The van der Waals surface area contributed by atoms with E-state index in [0.717, 1.165) is 6.42 Å². The molecule has 0 amide bonds. The summed E-state index contributed by atoms with van der Waals surface area (Å²) in [4.78, 5) is 0. The molecule has 1 fully saturated rings. The van der Waals surface area contributed by atoms with Gasteiger partial charge in [-0.05, 0) is 43.6 Å². The molecule has 2 atom stereocenters. The van der Waals surface area contributed by atoms with Gasteiger partial charge in [0.1, 0.15) is 0 Å². The third-order valence-electron chi connectivity index (χ3n) is 3.69. The van der Waals surface area contributed by atoms with Gasteiger partial charge in [0.05, 0.1) is 6.10 Å².